The Hall–Kier alpha value is -1.59. The van der Waals surface area contributed by atoms with E-state index in [9.17, 15) is 22.4 Å². The largest absolute Gasteiger partial charge is 0.419 e. The van der Waals surface area contributed by atoms with E-state index in [1.54, 1.807) is 0 Å². The summed E-state index contributed by atoms with van der Waals surface area (Å²) in [7, 11) is 0. The van der Waals surface area contributed by atoms with Crippen LogP contribution in [0.25, 0.3) is 0 Å². The fraction of sp³-hybridized carbons (Fsp3) is 0.533. The molecule has 1 heterocycles. The Morgan fingerprint density at radius 2 is 2.00 bits per heavy atom. The monoisotopic (exact) mass is 303 g/mol. The quantitative estimate of drug-likeness (QED) is 0.757. The molecule has 2 nitrogen and oxygen atoms in total. The van der Waals surface area contributed by atoms with E-state index in [0.717, 1.165) is 18.6 Å². The first kappa shape index (κ1) is 15.8. The first-order valence-corrected chi connectivity index (χ1v) is 6.86. The van der Waals surface area contributed by atoms with Gasteiger partial charge < -0.3 is 4.90 Å². The zero-order valence-electron chi connectivity index (χ0n) is 11.9. The highest BCUT2D eigenvalue weighted by Crippen LogP contribution is 2.33. The molecule has 6 heteroatoms. The summed E-state index contributed by atoms with van der Waals surface area (Å²) in [5, 5.41) is 0. The van der Waals surface area contributed by atoms with Crippen molar-refractivity contribution in [3.63, 3.8) is 0 Å². The standard InChI is InChI=1S/C15H17F4NO/c1-9(2)10-6-7-20(8-10)14(21)11-4-3-5-12(13(11)16)15(17,18)19/h3-5,9-10H,6-8H2,1-2H3. The third-order valence-electron chi connectivity index (χ3n) is 3.99. The van der Waals surface area contributed by atoms with Gasteiger partial charge in [-0.2, -0.15) is 13.2 Å². The minimum absolute atomic E-state index is 0.308. The van der Waals surface area contributed by atoms with Crippen LogP contribution in [0.1, 0.15) is 36.2 Å². The molecule has 1 fully saturated rings. The van der Waals surface area contributed by atoms with Gasteiger partial charge in [0, 0.05) is 13.1 Å². The molecule has 1 aliphatic heterocycles. The first-order chi connectivity index (χ1) is 9.71. The summed E-state index contributed by atoms with van der Waals surface area (Å²) in [6.07, 6.45) is -4.00. The summed E-state index contributed by atoms with van der Waals surface area (Å²) in [5.41, 5.74) is -1.90. The molecule has 1 aliphatic rings. The third kappa shape index (κ3) is 3.19. The molecule has 1 amide bonds. The molecule has 21 heavy (non-hydrogen) atoms. The van der Waals surface area contributed by atoms with Gasteiger partial charge in [0.2, 0.25) is 0 Å². The van der Waals surface area contributed by atoms with Gasteiger partial charge in [0.15, 0.2) is 0 Å². The molecule has 2 rings (SSSR count). The smallest absolute Gasteiger partial charge is 0.338 e. The van der Waals surface area contributed by atoms with Crippen LogP contribution in [0, 0.1) is 17.7 Å². The zero-order valence-corrected chi connectivity index (χ0v) is 11.9. The van der Waals surface area contributed by atoms with Gasteiger partial charge in [0.05, 0.1) is 11.1 Å². The van der Waals surface area contributed by atoms with E-state index in [2.05, 4.69) is 0 Å². The van der Waals surface area contributed by atoms with Gasteiger partial charge in [0.1, 0.15) is 5.82 Å². The van der Waals surface area contributed by atoms with Crippen LogP contribution in [0.4, 0.5) is 17.6 Å². The lowest BCUT2D eigenvalue weighted by atomic mass is 9.95. The van der Waals surface area contributed by atoms with Gasteiger partial charge in [-0.1, -0.05) is 19.9 Å². The predicted molar refractivity (Wildman–Crippen MR) is 70.3 cm³/mol. The lowest BCUT2D eigenvalue weighted by Crippen LogP contribution is -2.30. The van der Waals surface area contributed by atoms with Crippen LogP contribution >= 0.6 is 0 Å². The van der Waals surface area contributed by atoms with E-state index in [-0.39, 0.29) is 0 Å². The fourth-order valence-corrected chi connectivity index (χ4v) is 2.60. The highest BCUT2D eigenvalue weighted by molar-refractivity contribution is 5.95. The number of nitrogens with zero attached hydrogens (tertiary/aromatic N) is 1. The Kier molecular flexibility index (Phi) is 4.25. The van der Waals surface area contributed by atoms with E-state index < -0.39 is 29.0 Å². The second kappa shape index (κ2) is 5.66. The summed E-state index contributed by atoms with van der Waals surface area (Å²) in [4.78, 5) is 13.7. The minimum atomic E-state index is -4.80. The molecule has 0 aromatic heterocycles. The molecule has 0 aliphatic carbocycles. The van der Waals surface area contributed by atoms with Crippen LogP contribution in [-0.4, -0.2) is 23.9 Å². The number of hydrogen-bond donors (Lipinski definition) is 0. The van der Waals surface area contributed by atoms with Crippen molar-refractivity contribution in [1.82, 2.24) is 4.90 Å². The molecule has 1 unspecified atom stereocenters. The van der Waals surface area contributed by atoms with E-state index in [1.165, 1.54) is 4.90 Å². The average molecular weight is 303 g/mol. The molecule has 1 aromatic rings. The Labute approximate surface area is 120 Å². The van der Waals surface area contributed by atoms with Crippen LogP contribution in [0.3, 0.4) is 0 Å². The molecule has 1 atom stereocenters. The number of likely N-dealkylation sites (tertiary alicyclic amines) is 1. The molecule has 0 saturated carbocycles. The van der Waals surface area contributed by atoms with Crippen LogP contribution < -0.4 is 0 Å². The average Bonchev–Trinajstić information content (AvgIpc) is 2.86. The molecule has 116 valence electrons. The maximum atomic E-state index is 14.0. The Balaban J connectivity index is 2.25. The molecule has 0 bridgehead atoms. The second-order valence-corrected chi connectivity index (χ2v) is 5.71. The van der Waals surface area contributed by atoms with Crippen molar-refractivity contribution in [3.05, 3.63) is 35.1 Å². The van der Waals surface area contributed by atoms with Crippen LogP contribution in [0.5, 0.6) is 0 Å². The van der Waals surface area contributed by atoms with E-state index in [0.29, 0.717) is 31.0 Å². The van der Waals surface area contributed by atoms with Crippen molar-refractivity contribution in [2.75, 3.05) is 13.1 Å². The van der Waals surface area contributed by atoms with E-state index >= 15 is 0 Å². The van der Waals surface area contributed by atoms with Crippen molar-refractivity contribution in [2.45, 2.75) is 26.4 Å². The number of carbonyl (C=O) groups excluding carboxylic acids is 1. The maximum absolute atomic E-state index is 14.0. The van der Waals surface area contributed by atoms with Crippen molar-refractivity contribution < 1.29 is 22.4 Å². The number of alkyl halides is 3. The Morgan fingerprint density at radius 3 is 2.52 bits per heavy atom. The summed E-state index contributed by atoms with van der Waals surface area (Å²) >= 11 is 0. The summed E-state index contributed by atoms with van der Waals surface area (Å²) < 4.78 is 52.0. The van der Waals surface area contributed by atoms with Crippen LogP contribution in [-0.2, 0) is 6.18 Å². The summed E-state index contributed by atoms with van der Waals surface area (Å²) in [6, 6.07) is 2.82. The zero-order chi connectivity index (χ0) is 15.8. The van der Waals surface area contributed by atoms with Crippen molar-refractivity contribution in [1.29, 1.82) is 0 Å². The van der Waals surface area contributed by atoms with Gasteiger partial charge in [0.25, 0.3) is 5.91 Å². The highest BCUT2D eigenvalue weighted by Gasteiger charge is 2.37. The van der Waals surface area contributed by atoms with Gasteiger partial charge in [-0.25, -0.2) is 4.39 Å². The van der Waals surface area contributed by atoms with E-state index in [4.69, 9.17) is 0 Å². The van der Waals surface area contributed by atoms with Gasteiger partial charge in [-0.15, -0.1) is 0 Å². The molecular weight excluding hydrogens is 286 g/mol. The van der Waals surface area contributed by atoms with Gasteiger partial charge in [-0.3, -0.25) is 4.79 Å². The highest BCUT2D eigenvalue weighted by atomic mass is 19.4. The molecule has 1 aromatic carbocycles. The Bertz CT molecular complexity index is 539. The number of hydrogen-bond acceptors (Lipinski definition) is 1. The van der Waals surface area contributed by atoms with E-state index in [1.807, 2.05) is 13.8 Å². The topological polar surface area (TPSA) is 20.3 Å². The lowest BCUT2D eigenvalue weighted by Gasteiger charge is -2.19. The number of amides is 1. The van der Waals surface area contributed by atoms with Crippen LogP contribution in [0.2, 0.25) is 0 Å². The number of benzene rings is 1. The van der Waals surface area contributed by atoms with Gasteiger partial charge in [-0.05, 0) is 30.4 Å². The van der Waals surface area contributed by atoms with Crippen molar-refractivity contribution >= 4 is 5.91 Å². The van der Waals surface area contributed by atoms with Gasteiger partial charge >= 0.3 is 6.18 Å². The molecule has 0 spiro atoms. The second-order valence-electron chi connectivity index (χ2n) is 5.71. The lowest BCUT2D eigenvalue weighted by molar-refractivity contribution is -0.140. The molecule has 0 N–H and O–H groups in total. The minimum Gasteiger partial charge on any atom is -0.338 e. The normalized spacial score (nSPS) is 19.4. The number of halogens is 4. The van der Waals surface area contributed by atoms with Crippen LogP contribution in [0.15, 0.2) is 18.2 Å². The number of carbonyl (C=O) groups is 1. The first-order valence-electron chi connectivity index (χ1n) is 6.86. The van der Waals surface area contributed by atoms with Crippen molar-refractivity contribution in [2.24, 2.45) is 11.8 Å². The summed E-state index contributed by atoms with van der Waals surface area (Å²) in [6.45, 7) is 4.98. The molecule has 1 saturated heterocycles. The predicted octanol–water partition coefficient (Wildman–Crippen LogP) is 3.96. The SMILES string of the molecule is CC(C)C1CCN(C(=O)c2cccc(C(F)(F)F)c2F)C1. The molecule has 0 radical (unpaired) electrons. The fourth-order valence-electron chi connectivity index (χ4n) is 2.60. The maximum Gasteiger partial charge on any atom is 0.419 e. The molecular formula is C15H17F4NO. The third-order valence-corrected chi connectivity index (χ3v) is 3.99. The summed E-state index contributed by atoms with van der Waals surface area (Å²) in [5.74, 6) is -1.46. The Morgan fingerprint density at radius 1 is 1.33 bits per heavy atom. The van der Waals surface area contributed by atoms with Crippen molar-refractivity contribution in [3.8, 4) is 0 Å². The number of rotatable bonds is 2.